The van der Waals surface area contributed by atoms with E-state index in [1.807, 2.05) is 78.9 Å². The summed E-state index contributed by atoms with van der Waals surface area (Å²) in [7, 11) is 0. The Hall–Kier alpha value is -4.86. The number of carbonyl (C=O) groups is 1. The van der Waals surface area contributed by atoms with Crippen molar-refractivity contribution >= 4 is 23.4 Å². The number of nitrogens with one attached hydrogen (secondary N) is 2. The molecule has 3 N–H and O–H groups in total. The van der Waals surface area contributed by atoms with E-state index in [9.17, 15) is 4.79 Å². The summed E-state index contributed by atoms with van der Waals surface area (Å²) in [4.78, 5) is 22.4. The number of hydrogen-bond acceptors (Lipinski definition) is 7. The Bertz CT molecular complexity index is 1660. The minimum Gasteiger partial charge on any atom is -0.494 e. The normalized spacial score (nSPS) is 17.1. The first-order chi connectivity index (χ1) is 22.0. The average Bonchev–Trinajstić information content (AvgIpc) is 3.46. The highest BCUT2D eigenvalue weighted by molar-refractivity contribution is 6.30. The number of ether oxygens (including phenoxy) is 2. The largest absolute Gasteiger partial charge is 0.494 e. The number of nitrogens with zero attached hydrogens (tertiary/aromatic N) is 4. The number of halogens is 1. The zero-order valence-corrected chi connectivity index (χ0v) is 25.2. The summed E-state index contributed by atoms with van der Waals surface area (Å²) in [6.45, 7) is 0.932. The number of aliphatic imine (C=N–C) groups is 1. The molecule has 0 saturated carbocycles. The fraction of sp³-hybridized carbons (Fsp3) is 0.235. The molecule has 230 valence electrons. The van der Waals surface area contributed by atoms with Crippen molar-refractivity contribution in [3.05, 3.63) is 146 Å². The van der Waals surface area contributed by atoms with E-state index < -0.39 is 11.6 Å². The number of carbonyl (C=O) groups excluding carboxylic acids is 1. The molecule has 2 atom stereocenters. The summed E-state index contributed by atoms with van der Waals surface area (Å²) >= 11 is 6.04. The molecule has 0 bridgehead atoms. The van der Waals surface area contributed by atoms with E-state index in [0.717, 1.165) is 22.3 Å². The molecule has 1 amide bonds. The molecule has 4 aromatic rings. The topological polar surface area (TPSA) is 141 Å². The van der Waals surface area contributed by atoms with Crippen LogP contribution in [0.15, 0.2) is 113 Å². The van der Waals surface area contributed by atoms with Crippen molar-refractivity contribution in [1.29, 1.82) is 0 Å². The first-order valence-corrected chi connectivity index (χ1v) is 14.9. The lowest BCUT2D eigenvalue weighted by molar-refractivity contribution is -0.130. The second-order valence-corrected chi connectivity index (χ2v) is 10.9. The van der Waals surface area contributed by atoms with Gasteiger partial charge in [0.15, 0.2) is 11.6 Å². The van der Waals surface area contributed by atoms with Crippen molar-refractivity contribution in [2.75, 3.05) is 13.2 Å². The van der Waals surface area contributed by atoms with Crippen molar-refractivity contribution in [2.45, 2.75) is 37.6 Å². The van der Waals surface area contributed by atoms with Gasteiger partial charge in [-0.3, -0.25) is 10.2 Å². The highest BCUT2D eigenvalue weighted by Crippen LogP contribution is 2.43. The molecule has 0 aromatic heterocycles. The second kappa shape index (κ2) is 15.2. The van der Waals surface area contributed by atoms with Gasteiger partial charge in [-0.05, 0) is 64.2 Å². The van der Waals surface area contributed by atoms with Crippen LogP contribution in [0.3, 0.4) is 0 Å². The molecule has 0 unspecified atom stereocenters. The minimum absolute atomic E-state index is 0.0499. The van der Waals surface area contributed by atoms with Crippen molar-refractivity contribution in [3.63, 3.8) is 0 Å². The molecule has 1 aliphatic rings. The van der Waals surface area contributed by atoms with Crippen LogP contribution in [-0.4, -0.2) is 35.7 Å². The van der Waals surface area contributed by atoms with Crippen LogP contribution in [0.25, 0.3) is 10.4 Å². The summed E-state index contributed by atoms with van der Waals surface area (Å²) in [6, 6.07) is 31.7. The van der Waals surface area contributed by atoms with Gasteiger partial charge in [-0.25, -0.2) is 10.4 Å². The van der Waals surface area contributed by atoms with E-state index in [4.69, 9.17) is 36.7 Å². The van der Waals surface area contributed by atoms with Crippen molar-refractivity contribution in [1.82, 2.24) is 10.9 Å². The third-order valence-corrected chi connectivity index (χ3v) is 7.67. The summed E-state index contributed by atoms with van der Waals surface area (Å²) in [5.41, 5.74) is 17.5. The molecule has 0 spiro atoms. The molecule has 0 radical (unpaired) electrons. The number of rotatable bonds is 14. The Morgan fingerprint density at radius 1 is 1.00 bits per heavy atom. The van der Waals surface area contributed by atoms with E-state index >= 15 is 0 Å². The fourth-order valence-corrected chi connectivity index (χ4v) is 5.26. The highest BCUT2D eigenvalue weighted by Gasteiger charge is 2.53. The SMILES string of the molecule is [N-]=[N+]=NCc1ccccc1C[C@]1(C(=O)NNCc2ccc(Cl)cc2)N=C(c2ccc(OCCCO)cc2)O[C@H]1c1ccccc1. The van der Waals surface area contributed by atoms with Crippen LogP contribution < -0.4 is 15.6 Å². The number of benzene rings is 4. The average molecular weight is 625 g/mol. The number of hydrazine groups is 1. The smallest absolute Gasteiger partial charge is 0.266 e. The summed E-state index contributed by atoms with van der Waals surface area (Å²) in [6.07, 6.45) is -0.0791. The van der Waals surface area contributed by atoms with E-state index in [-0.39, 0.29) is 25.5 Å². The zero-order chi connectivity index (χ0) is 31.5. The van der Waals surface area contributed by atoms with Crippen LogP contribution in [0, 0.1) is 0 Å². The Kier molecular flexibility index (Phi) is 10.7. The summed E-state index contributed by atoms with van der Waals surface area (Å²) < 4.78 is 12.3. The van der Waals surface area contributed by atoms with Gasteiger partial charge >= 0.3 is 0 Å². The first-order valence-electron chi connectivity index (χ1n) is 14.5. The number of hydrogen-bond donors (Lipinski definition) is 3. The maximum Gasteiger partial charge on any atom is 0.266 e. The first kappa shape index (κ1) is 31.6. The van der Waals surface area contributed by atoms with Gasteiger partial charge in [0.1, 0.15) is 5.75 Å². The van der Waals surface area contributed by atoms with Gasteiger partial charge in [-0.15, -0.1) is 0 Å². The molecular formula is C34H33ClN6O4. The monoisotopic (exact) mass is 624 g/mol. The highest BCUT2D eigenvalue weighted by atomic mass is 35.5. The van der Waals surface area contributed by atoms with Gasteiger partial charge in [-0.2, -0.15) is 0 Å². The van der Waals surface area contributed by atoms with Gasteiger partial charge in [-0.1, -0.05) is 83.4 Å². The fourth-order valence-electron chi connectivity index (χ4n) is 5.13. The maximum absolute atomic E-state index is 14.4. The van der Waals surface area contributed by atoms with Gasteiger partial charge in [0.25, 0.3) is 5.91 Å². The molecule has 45 heavy (non-hydrogen) atoms. The van der Waals surface area contributed by atoms with E-state index in [0.29, 0.717) is 41.8 Å². The van der Waals surface area contributed by atoms with Crippen LogP contribution in [0.5, 0.6) is 5.75 Å². The standard InChI is InChI=1S/C34H33ClN6O4/c35-29-15-11-24(12-16-29)22-37-40-33(43)34(21-27-9-4-5-10-28(27)23-38-41-36)31(25-7-2-1-3-8-25)45-32(39-34)26-13-17-30(18-14-26)44-20-6-19-42/h1-5,7-18,31,37,42H,6,19-23H2,(H,40,43)/t31-,34-/m0/s1. The number of aliphatic hydroxyl groups is 1. The van der Waals surface area contributed by atoms with Crippen molar-refractivity contribution in [3.8, 4) is 5.75 Å². The molecule has 10 nitrogen and oxygen atoms in total. The Balaban J connectivity index is 1.53. The van der Waals surface area contributed by atoms with Crippen LogP contribution in [0.1, 0.15) is 40.3 Å². The Labute approximate surface area is 266 Å². The quantitative estimate of drug-likeness (QED) is 0.0501. The third kappa shape index (κ3) is 7.81. The minimum atomic E-state index is -1.44. The number of aliphatic hydroxyl groups excluding tert-OH is 1. The van der Waals surface area contributed by atoms with Gasteiger partial charge in [0.2, 0.25) is 5.90 Å². The Morgan fingerprint density at radius 3 is 2.42 bits per heavy atom. The van der Waals surface area contributed by atoms with Crippen LogP contribution in [0.2, 0.25) is 5.02 Å². The molecule has 0 fully saturated rings. The lowest BCUT2D eigenvalue weighted by Gasteiger charge is -2.31. The van der Waals surface area contributed by atoms with Crippen LogP contribution in [0.4, 0.5) is 0 Å². The van der Waals surface area contributed by atoms with Crippen LogP contribution in [-0.2, 0) is 29.0 Å². The molecule has 1 heterocycles. The maximum atomic E-state index is 14.4. The van der Waals surface area contributed by atoms with Gasteiger partial charge < -0.3 is 14.6 Å². The lowest BCUT2D eigenvalue weighted by atomic mass is 9.81. The Morgan fingerprint density at radius 2 is 1.71 bits per heavy atom. The molecule has 4 aromatic carbocycles. The number of amides is 1. The van der Waals surface area contributed by atoms with E-state index in [1.54, 1.807) is 24.3 Å². The third-order valence-electron chi connectivity index (χ3n) is 7.42. The van der Waals surface area contributed by atoms with Gasteiger partial charge in [0.05, 0.1) is 13.2 Å². The van der Waals surface area contributed by atoms with Gasteiger partial charge in [0, 0.05) is 41.5 Å². The zero-order valence-electron chi connectivity index (χ0n) is 24.5. The summed E-state index contributed by atoms with van der Waals surface area (Å²) in [5.74, 6) is 0.571. The molecule has 1 aliphatic heterocycles. The molecular weight excluding hydrogens is 592 g/mol. The predicted molar refractivity (Wildman–Crippen MR) is 173 cm³/mol. The van der Waals surface area contributed by atoms with Crippen LogP contribution >= 0.6 is 11.6 Å². The summed E-state index contributed by atoms with van der Waals surface area (Å²) in [5, 5.41) is 13.5. The molecule has 11 heteroatoms. The molecule has 5 rings (SSSR count). The second-order valence-electron chi connectivity index (χ2n) is 10.5. The van der Waals surface area contributed by atoms with E-state index in [2.05, 4.69) is 20.9 Å². The predicted octanol–water partition coefficient (Wildman–Crippen LogP) is 6.23. The molecule has 0 aliphatic carbocycles. The van der Waals surface area contributed by atoms with Crippen molar-refractivity contribution < 1.29 is 19.4 Å². The molecule has 0 saturated heterocycles. The lowest BCUT2D eigenvalue weighted by Crippen LogP contribution is -2.53. The number of azide groups is 1. The van der Waals surface area contributed by atoms with E-state index in [1.165, 1.54) is 0 Å². The van der Waals surface area contributed by atoms with Crippen molar-refractivity contribution in [2.24, 2.45) is 10.1 Å².